The molecule has 1 aliphatic carbocycles. The van der Waals surface area contributed by atoms with Gasteiger partial charge in [0.2, 0.25) is 0 Å². The summed E-state index contributed by atoms with van der Waals surface area (Å²) in [5.41, 5.74) is 0. The number of likely N-dealkylation sites (N-methyl/N-ethyl adjacent to an activating group) is 1. The molecule has 78 valence electrons. The van der Waals surface area contributed by atoms with Gasteiger partial charge in [0.1, 0.15) is 0 Å². The Morgan fingerprint density at radius 2 is 2.15 bits per heavy atom. The monoisotopic (exact) mass is 186 g/mol. The highest BCUT2D eigenvalue weighted by Gasteiger charge is 2.31. The summed E-state index contributed by atoms with van der Waals surface area (Å²) in [5, 5.41) is 12.8. The van der Waals surface area contributed by atoms with E-state index in [1.807, 2.05) is 19.0 Å². The zero-order valence-electron chi connectivity index (χ0n) is 8.95. The Balaban J connectivity index is 1.92. The van der Waals surface area contributed by atoms with E-state index in [0.29, 0.717) is 0 Å². The molecule has 1 saturated carbocycles. The summed E-state index contributed by atoms with van der Waals surface area (Å²) in [6.45, 7) is 4.82. The van der Waals surface area contributed by atoms with Crippen molar-refractivity contribution in [3.63, 3.8) is 0 Å². The van der Waals surface area contributed by atoms with Crippen LogP contribution in [-0.4, -0.2) is 49.8 Å². The third-order valence-electron chi connectivity index (χ3n) is 2.64. The first-order chi connectivity index (χ1) is 6.09. The minimum atomic E-state index is -0.232. The number of nitrogens with one attached hydrogen (secondary N) is 1. The fraction of sp³-hybridized carbons (Fsp3) is 1.00. The molecule has 3 heteroatoms. The molecule has 1 rings (SSSR count). The van der Waals surface area contributed by atoms with Gasteiger partial charge in [-0.05, 0) is 38.9 Å². The summed E-state index contributed by atoms with van der Waals surface area (Å²) in [4.78, 5) is 2.01. The molecule has 0 spiro atoms. The van der Waals surface area contributed by atoms with Crippen molar-refractivity contribution in [2.24, 2.45) is 11.8 Å². The van der Waals surface area contributed by atoms with E-state index in [1.54, 1.807) is 0 Å². The van der Waals surface area contributed by atoms with E-state index in [0.717, 1.165) is 31.5 Å². The number of hydrogen-bond donors (Lipinski definition) is 2. The summed E-state index contributed by atoms with van der Waals surface area (Å²) < 4.78 is 0. The first kappa shape index (κ1) is 11.0. The Hall–Kier alpha value is -0.120. The molecule has 0 bridgehead atoms. The lowest BCUT2D eigenvalue weighted by Gasteiger charge is -2.16. The predicted octanol–water partition coefficient (Wildman–Crippen LogP) is 0.155. The van der Waals surface area contributed by atoms with Crippen molar-refractivity contribution in [3.8, 4) is 0 Å². The molecular formula is C10H22N2O. The first-order valence-corrected chi connectivity index (χ1v) is 5.13. The molecule has 0 aliphatic heterocycles. The number of aliphatic hydroxyl groups is 1. The summed E-state index contributed by atoms with van der Waals surface area (Å²) in [6, 6.07) is 0. The third kappa shape index (κ3) is 4.60. The van der Waals surface area contributed by atoms with Crippen LogP contribution < -0.4 is 5.32 Å². The van der Waals surface area contributed by atoms with Crippen molar-refractivity contribution in [3.05, 3.63) is 0 Å². The van der Waals surface area contributed by atoms with Gasteiger partial charge in [-0.25, -0.2) is 0 Å². The number of aliphatic hydroxyl groups excluding tert-OH is 1. The zero-order chi connectivity index (χ0) is 9.84. The van der Waals surface area contributed by atoms with Gasteiger partial charge >= 0.3 is 0 Å². The minimum Gasteiger partial charge on any atom is -0.390 e. The second-order valence-electron chi connectivity index (χ2n) is 4.55. The molecule has 0 saturated heterocycles. The van der Waals surface area contributed by atoms with Crippen molar-refractivity contribution in [2.75, 3.05) is 33.7 Å². The fourth-order valence-electron chi connectivity index (χ4n) is 1.60. The lowest BCUT2D eigenvalue weighted by Crippen LogP contribution is -2.35. The maximum absolute atomic E-state index is 9.51. The highest BCUT2D eigenvalue weighted by Crippen LogP contribution is 2.36. The summed E-state index contributed by atoms with van der Waals surface area (Å²) in [6.07, 6.45) is 1.13. The van der Waals surface area contributed by atoms with Crippen molar-refractivity contribution < 1.29 is 5.11 Å². The summed E-state index contributed by atoms with van der Waals surface area (Å²) >= 11 is 0. The lowest BCUT2D eigenvalue weighted by atomic mass is 10.3. The van der Waals surface area contributed by atoms with E-state index in [2.05, 4.69) is 12.2 Å². The van der Waals surface area contributed by atoms with Gasteiger partial charge in [-0.3, -0.25) is 0 Å². The molecule has 0 heterocycles. The maximum atomic E-state index is 9.51. The smallest absolute Gasteiger partial charge is 0.0791 e. The Morgan fingerprint density at radius 3 is 2.62 bits per heavy atom. The SMILES string of the molecule is CC1CC1CNCC(O)CN(C)C. The van der Waals surface area contributed by atoms with Crippen LogP contribution in [-0.2, 0) is 0 Å². The Labute approximate surface area is 81.1 Å². The van der Waals surface area contributed by atoms with Gasteiger partial charge < -0.3 is 15.3 Å². The van der Waals surface area contributed by atoms with Crippen molar-refractivity contribution in [2.45, 2.75) is 19.4 Å². The molecule has 1 aliphatic rings. The fourth-order valence-corrected chi connectivity index (χ4v) is 1.60. The van der Waals surface area contributed by atoms with Crippen LogP contribution in [0.25, 0.3) is 0 Å². The van der Waals surface area contributed by atoms with Crippen LogP contribution in [0.5, 0.6) is 0 Å². The Bertz CT molecular complexity index is 150. The molecule has 0 radical (unpaired) electrons. The summed E-state index contributed by atoms with van der Waals surface area (Å²) in [5.74, 6) is 1.77. The first-order valence-electron chi connectivity index (χ1n) is 5.13. The number of rotatable bonds is 6. The van der Waals surface area contributed by atoms with Gasteiger partial charge in [0.15, 0.2) is 0 Å². The van der Waals surface area contributed by atoms with Crippen LogP contribution >= 0.6 is 0 Å². The zero-order valence-corrected chi connectivity index (χ0v) is 8.95. The van der Waals surface area contributed by atoms with E-state index in [4.69, 9.17) is 0 Å². The normalized spacial score (nSPS) is 29.3. The molecule has 2 N–H and O–H groups in total. The standard InChI is InChI=1S/C10H22N2O/c1-8-4-9(8)5-11-6-10(13)7-12(2)3/h8-11,13H,4-7H2,1-3H3. The number of nitrogens with zero attached hydrogens (tertiary/aromatic N) is 1. The van der Waals surface area contributed by atoms with E-state index >= 15 is 0 Å². The number of hydrogen-bond acceptors (Lipinski definition) is 3. The minimum absolute atomic E-state index is 0.232. The van der Waals surface area contributed by atoms with Crippen LogP contribution in [0.3, 0.4) is 0 Å². The highest BCUT2D eigenvalue weighted by molar-refractivity contribution is 4.84. The van der Waals surface area contributed by atoms with Crippen molar-refractivity contribution in [1.29, 1.82) is 0 Å². The van der Waals surface area contributed by atoms with Crippen LogP contribution in [0, 0.1) is 11.8 Å². The van der Waals surface area contributed by atoms with Gasteiger partial charge in [0, 0.05) is 13.1 Å². The molecule has 0 amide bonds. The van der Waals surface area contributed by atoms with Gasteiger partial charge in [-0.1, -0.05) is 6.92 Å². The van der Waals surface area contributed by atoms with E-state index in [1.165, 1.54) is 6.42 Å². The highest BCUT2D eigenvalue weighted by atomic mass is 16.3. The Kier molecular flexibility index (Phi) is 4.16. The quantitative estimate of drug-likeness (QED) is 0.620. The topological polar surface area (TPSA) is 35.5 Å². The van der Waals surface area contributed by atoms with Gasteiger partial charge in [-0.15, -0.1) is 0 Å². The third-order valence-corrected chi connectivity index (χ3v) is 2.64. The second kappa shape index (κ2) is 4.94. The lowest BCUT2D eigenvalue weighted by molar-refractivity contribution is 0.134. The van der Waals surface area contributed by atoms with E-state index in [-0.39, 0.29) is 6.10 Å². The molecule has 1 fully saturated rings. The molecule has 3 atom stereocenters. The van der Waals surface area contributed by atoms with Crippen LogP contribution in [0.4, 0.5) is 0 Å². The molecule has 13 heavy (non-hydrogen) atoms. The van der Waals surface area contributed by atoms with E-state index in [9.17, 15) is 5.11 Å². The average molecular weight is 186 g/mol. The molecule has 0 aromatic carbocycles. The van der Waals surface area contributed by atoms with Crippen LogP contribution in [0.15, 0.2) is 0 Å². The van der Waals surface area contributed by atoms with Gasteiger partial charge in [-0.2, -0.15) is 0 Å². The summed E-state index contributed by atoms with van der Waals surface area (Å²) in [7, 11) is 3.96. The van der Waals surface area contributed by atoms with Gasteiger partial charge in [0.05, 0.1) is 6.10 Å². The van der Waals surface area contributed by atoms with Crippen molar-refractivity contribution >= 4 is 0 Å². The molecular weight excluding hydrogens is 164 g/mol. The van der Waals surface area contributed by atoms with Crippen LogP contribution in [0.2, 0.25) is 0 Å². The van der Waals surface area contributed by atoms with Crippen LogP contribution in [0.1, 0.15) is 13.3 Å². The van der Waals surface area contributed by atoms with E-state index < -0.39 is 0 Å². The largest absolute Gasteiger partial charge is 0.390 e. The molecule has 3 nitrogen and oxygen atoms in total. The Morgan fingerprint density at radius 1 is 1.54 bits per heavy atom. The predicted molar refractivity (Wildman–Crippen MR) is 54.7 cm³/mol. The maximum Gasteiger partial charge on any atom is 0.0791 e. The molecule has 0 aromatic rings. The van der Waals surface area contributed by atoms with Crippen molar-refractivity contribution in [1.82, 2.24) is 10.2 Å². The molecule has 0 aromatic heterocycles. The second-order valence-corrected chi connectivity index (χ2v) is 4.55. The average Bonchev–Trinajstić information content (AvgIpc) is 2.64. The van der Waals surface area contributed by atoms with Gasteiger partial charge in [0.25, 0.3) is 0 Å². The molecule has 3 unspecified atom stereocenters.